The van der Waals surface area contributed by atoms with E-state index in [-0.39, 0.29) is 11.6 Å². The first-order valence-electron chi connectivity index (χ1n) is 5.40. The highest BCUT2D eigenvalue weighted by atomic mass is 19.1. The summed E-state index contributed by atoms with van der Waals surface area (Å²) < 4.78 is 13.3. The van der Waals surface area contributed by atoms with Crippen LogP contribution in [-0.4, -0.2) is 10.9 Å². The molecule has 3 N–H and O–H groups in total. The maximum atomic E-state index is 13.3. The third kappa shape index (κ3) is 2.70. The summed E-state index contributed by atoms with van der Waals surface area (Å²) in [6, 6.07) is 8.23. The zero-order chi connectivity index (χ0) is 13.0. The number of benzene rings is 1. The van der Waals surface area contributed by atoms with Gasteiger partial charge in [0, 0.05) is 18.3 Å². The molecule has 0 fully saturated rings. The number of halogens is 1. The molecule has 0 spiro atoms. The number of carbonyl (C=O) groups is 1. The van der Waals surface area contributed by atoms with Crippen LogP contribution in [0, 0.1) is 5.82 Å². The Balaban J connectivity index is 2.14. The van der Waals surface area contributed by atoms with Crippen LogP contribution in [0.3, 0.4) is 0 Å². The monoisotopic (exact) mass is 245 g/mol. The molecule has 0 atom stereocenters. The molecule has 5 heteroatoms. The maximum absolute atomic E-state index is 13.3. The number of nitrogens with two attached hydrogens (primary N) is 1. The van der Waals surface area contributed by atoms with Crippen LogP contribution < -0.4 is 11.1 Å². The number of hydrogen-bond donors (Lipinski definition) is 2. The molecule has 1 heterocycles. The molecule has 2 rings (SSSR count). The van der Waals surface area contributed by atoms with Gasteiger partial charge in [0.15, 0.2) is 5.82 Å². The molecule has 0 aliphatic rings. The van der Waals surface area contributed by atoms with Crippen molar-refractivity contribution in [2.24, 2.45) is 5.73 Å². The van der Waals surface area contributed by atoms with E-state index in [9.17, 15) is 9.18 Å². The third-order valence-electron chi connectivity index (χ3n) is 2.47. The molecular weight excluding hydrogens is 233 g/mol. The topological polar surface area (TPSA) is 68.0 Å². The van der Waals surface area contributed by atoms with Crippen LogP contribution in [0.15, 0.2) is 42.7 Å². The molecule has 0 radical (unpaired) electrons. The maximum Gasteiger partial charge on any atom is 0.255 e. The highest BCUT2D eigenvalue weighted by Crippen LogP contribution is 2.13. The van der Waals surface area contributed by atoms with E-state index in [4.69, 9.17) is 5.73 Å². The van der Waals surface area contributed by atoms with Gasteiger partial charge < -0.3 is 11.1 Å². The number of nitrogens with zero attached hydrogens (tertiary/aromatic N) is 1. The summed E-state index contributed by atoms with van der Waals surface area (Å²) >= 11 is 0. The zero-order valence-electron chi connectivity index (χ0n) is 9.56. The molecule has 0 unspecified atom stereocenters. The second-order valence-electron chi connectivity index (χ2n) is 3.71. The molecule has 2 aromatic rings. The van der Waals surface area contributed by atoms with Gasteiger partial charge in [0.05, 0.1) is 11.9 Å². The predicted octanol–water partition coefficient (Wildman–Crippen LogP) is 1.93. The van der Waals surface area contributed by atoms with E-state index in [1.165, 1.54) is 12.3 Å². The molecule has 92 valence electrons. The number of carbonyl (C=O) groups excluding carboxylic acids is 1. The van der Waals surface area contributed by atoms with Gasteiger partial charge in [-0.3, -0.25) is 9.78 Å². The molecule has 0 aliphatic heterocycles. The Morgan fingerprint density at radius 3 is 2.61 bits per heavy atom. The molecule has 1 aromatic heterocycles. The summed E-state index contributed by atoms with van der Waals surface area (Å²) in [5.74, 6) is -0.937. The Labute approximate surface area is 104 Å². The number of amides is 1. The van der Waals surface area contributed by atoms with Crippen molar-refractivity contribution >= 4 is 11.6 Å². The summed E-state index contributed by atoms with van der Waals surface area (Å²) in [6.45, 7) is 0.418. The lowest BCUT2D eigenvalue weighted by Crippen LogP contribution is -2.13. The molecule has 0 saturated carbocycles. The van der Waals surface area contributed by atoms with Gasteiger partial charge in [0.25, 0.3) is 5.91 Å². The van der Waals surface area contributed by atoms with E-state index < -0.39 is 5.82 Å². The number of nitrogens with one attached hydrogen (secondary N) is 1. The van der Waals surface area contributed by atoms with E-state index in [1.807, 2.05) is 0 Å². The SMILES string of the molecule is NCc1ccc(C(=O)Nc2ccncc2F)cc1. The Hall–Kier alpha value is -2.27. The van der Waals surface area contributed by atoms with Crippen molar-refractivity contribution in [2.75, 3.05) is 5.32 Å². The van der Waals surface area contributed by atoms with Crippen molar-refractivity contribution in [3.63, 3.8) is 0 Å². The summed E-state index contributed by atoms with van der Waals surface area (Å²) in [5, 5.41) is 2.48. The first-order chi connectivity index (χ1) is 8.70. The fraction of sp³-hybridized carbons (Fsp3) is 0.0769. The smallest absolute Gasteiger partial charge is 0.255 e. The van der Waals surface area contributed by atoms with Gasteiger partial charge in [0.2, 0.25) is 0 Å². The number of rotatable bonds is 3. The predicted molar refractivity (Wildman–Crippen MR) is 66.5 cm³/mol. The molecule has 4 nitrogen and oxygen atoms in total. The number of anilines is 1. The number of aromatic nitrogens is 1. The van der Waals surface area contributed by atoms with Gasteiger partial charge in [-0.15, -0.1) is 0 Å². The van der Waals surface area contributed by atoms with Gasteiger partial charge in [-0.2, -0.15) is 0 Å². The van der Waals surface area contributed by atoms with Gasteiger partial charge in [0.1, 0.15) is 0 Å². The van der Waals surface area contributed by atoms with Crippen LogP contribution >= 0.6 is 0 Å². The van der Waals surface area contributed by atoms with Crippen LogP contribution in [0.2, 0.25) is 0 Å². The minimum Gasteiger partial charge on any atom is -0.326 e. The lowest BCUT2D eigenvalue weighted by Gasteiger charge is -2.06. The molecule has 1 aromatic carbocycles. The number of pyridine rings is 1. The van der Waals surface area contributed by atoms with E-state index in [0.29, 0.717) is 12.1 Å². The molecule has 0 saturated heterocycles. The average molecular weight is 245 g/mol. The molecule has 1 amide bonds. The fourth-order valence-corrected chi connectivity index (χ4v) is 1.46. The molecule has 18 heavy (non-hydrogen) atoms. The fourth-order valence-electron chi connectivity index (χ4n) is 1.46. The van der Waals surface area contributed by atoms with Crippen molar-refractivity contribution in [1.29, 1.82) is 0 Å². The van der Waals surface area contributed by atoms with Gasteiger partial charge in [-0.1, -0.05) is 12.1 Å². The second kappa shape index (κ2) is 5.37. The number of hydrogen-bond acceptors (Lipinski definition) is 3. The Kier molecular flexibility index (Phi) is 3.64. The highest BCUT2D eigenvalue weighted by molar-refractivity contribution is 6.04. The minimum atomic E-state index is -0.565. The minimum absolute atomic E-state index is 0.109. The summed E-state index contributed by atoms with van der Waals surface area (Å²) in [7, 11) is 0. The normalized spacial score (nSPS) is 10.1. The summed E-state index contributed by atoms with van der Waals surface area (Å²) in [6.07, 6.45) is 2.46. The Bertz CT molecular complexity index is 554. The molecule has 0 bridgehead atoms. The lowest BCUT2D eigenvalue weighted by atomic mass is 10.1. The van der Waals surface area contributed by atoms with Gasteiger partial charge in [-0.05, 0) is 23.8 Å². The van der Waals surface area contributed by atoms with Crippen LogP contribution in [0.25, 0.3) is 0 Å². The van der Waals surface area contributed by atoms with E-state index >= 15 is 0 Å². The Morgan fingerprint density at radius 1 is 1.28 bits per heavy atom. The van der Waals surface area contributed by atoms with Crippen LogP contribution in [-0.2, 0) is 6.54 Å². The third-order valence-corrected chi connectivity index (χ3v) is 2.47. The summed E-state index contributed by atoms with van der Waals surface area (Å²) in [5.41, 5.74) is 6.95. The highest BCUT2D eigenvalue weighted by Gasteiger charge is 2.08. The Morgan fingerprint density at radius 2 is 2.00 bits per heavy atom. The van der Waals surface area contributed by atoms with Crippen molar-refractivity contribution in [3.8, 4) is 0 Å². The molecule has 0 aliphatic carbocycles. The van der Waals surface area contributed by atoms with Crippen LogP contribution in [0.5, 0.6) is 0 Å². The van der Waals surface area contributed by atoms with Gasteiger partial charge >= 0.3 is 0 Å². The average Bonchev–Trinajstić information content (AvgIpc) is 2.41. The standard InChI is InChI=1S/C13H12FN3O/c14-11-8-16-6-5-12(11)17-13(18)10-3-1-9(7-15)2-4-10/h1-6,8H,7,15H2,(H,16,17,18). The van der Waals surface area contributed by atoms with E-state index in [0.717, 1.165) is 11.8 Å². The largest absolute Gasteiger partial charge is 0.326 e. The van der Waals surface area contributed by atoms with E-state index in [2.05, 4.69) is 10.3 Å². The zero-order valence-corrected chi connectivity index (χ0v) is 9.56. The van der Waals surface area contributed by atoms with Crippen LogP contribution in [0.4, 0.5) is 10.1 Å². The first kappa shape index (κ1) is 12.2. The lowest BCUT2D eigenvalue weighted by molar-refractivity contribution is 0.102. The second-order valence-corrected chi connectivity index (χ2v) is 3.71. The van der Waals surface area contributed by atoms with Crippen molar-refractivity contribution in [3.05, 3.63) is 59.7 Å². The van der Waals surface area contributed by atoms with Crippen molar-refractivity contribution in [1.82, 2.24) is 4.98 Å². The quantitative estimate of drug-likeness (QED) is 0.868. The molecular formula is C13H12FN3O. The van der Waals surface area contributed by atoms with Crippen molar-refractivity contribution < 1.29 is 9.18 Å². The van der Waals surface area contributed by atoms with Crippen LogP contribution in [0.1, 0.15) is 15.9 Å². The first-order valence-corrected chi connectivity index (χ1v) is 5.40. The summed E-state index contributed by atoms with van der Waals surface area (Å²) in [4.78, 5) is 15.4. The van der Waals surface area contributed by atoms with Gasteiger partial charge in [-0.25, -0.2) is 4.39 Å². The van der Waals surface area contributed by atoms with Crippen molar-refractivity contribution in [2.45, 2.75) is 6.54 Å². The van der Waals surface area contributed by atoms with E-state index in [1.54, 1.807) is 24.3 Å².